The second-order valence-corrected chi connectivity index (χ2v) is 5.53. The quantitative estimate of drug-likeness (QED) is 0.721. The number of hydrogen-bond acceptors (Lipinski definition) is 4. The molecule has 0 radical (unpaired) electrons. The highest BCUT2D eigenvalue weighted by Gasteiger charge is 2.26. The number of carbonyl (C=O) groups is 1. The van der Waals surface area contributed by atoms with Crippen LogP contribution in [0.1, 0.15) is 36.5 Å². The maximum absolute atomic E-state index is 13.8. The summed E-state index contributed by atoms with van der Waals surface area (Å²) in [7, 11) is 0. The predicted molar refractivity (Wildman–Crippen MR) is 74.5 cm³/mol. The van der Waals surface area contributed by atoms with Gasteiger partial charge in [0.1, 0.15) is 5.82 Å². The average molecular weight is 282 g/mol. The molecule has 4 N–H and O–H groups in total. The first-order valence-electron chi connectivity index (χ1n) is 6.60. The average Bonchev–Trinajstić information content (AvgIpc) is 2.52. The van der Waals surface area contributed by atoms with E-state index in [1.54, 1.807) is 6.92 Å². The Morgan fingerprint density at radius 3 is 2.75 bits per heavy atom. The van der Waals surface area contributed by atoms with Gasteiger partial charge in [0, 0.05) is 19.2 Å². The van der Waals surface area contributed by atoms with Crippen LogP contribution >= 0.6 is 0 Å². The van der Waals surface area contributed by atoms with Crippen molar-refractivity contribution in [3.05, 3.63) is 23.5 Å². The van der Waals surface area contributed by atoms with E-state index in [0.717, 1.165) is 12.5 Å². The van der Waals surface area contributed by atoms with Gasteiger partial charge in [-0.25, -0.2) is 9.18 Å². The number of nitrogens with zero attached hydrogens (tertiary/aromatic N) is 1. The SMILES string of the molecule is CC1(O)CCCN(c2cc(F)c(C(=O)O)cc2N)CC1. The standard InChI is InChI=1S/C14H19FN2O3/c1-14(20)3-2-5-17(6-4-14)12-8-10(15)9(13(18)19)7-11(12)16/h7-8,20H,2-6,16H2,1H3,(H,18,19). The van der Waals surface area contributed by atoms with Crippen molar-refractivity contribution in [3.8, 4) is 0 Å². The molecule has 5 nitrogen and oxygen atoms in total. The lowest BCUT2D eigenvalue weighted by atomic mass is 9.98. The molecule has 0 aliphatic carbocycles. The van der Waals surface area contributed by atoms with Gasteiger partial charge in [-0.2, -0.15) is 0 Å². The van der Waals surface area contributed by atoms with Crippen LogP contribution in [0.25, 0.3) is 0 Å². The Morgan fingerprint density at radius 2 is 2.10 bits per heavy atom. The number of nitrogen functional groups attached to an aromatic ring is 1. The van der Waals surface area contributed by atoms with Crippen LogP contribution in [0.5, 0.6) is 0 Å². The molecule has 1 saturated heterocycles. The highest BCUT2D eigenvalue weighted by molar-refractivity contribution is 5.91. The van der Waals surface area contributed by atoms with Crippen LogP contribution in [0.2, 0.25) is 0 Å². The van der Waals surface area contributed by atoms with Gasteiger partial charge in [0.05, 0.1) is 22.5 Å². The lowest BCUT2D eigenvalue weighted by Gasteiger charge is -2.25. The van der Waals surface area contributed by atoms with Gasteiger partial charge in [0.2, 0.25) is 0 Å². The summed E-state index contributed by atoms with van der Waals surface area (Å²) in [6, 6.07) is 2.31. The van der Waals surface area contributed by atoms with Crippen LogP contribution in [0.4, 0.5) is 15.8 Å². The first-order chi connectivity index (χ1) is 9.30. The van der Waals surface area contributed by atoms with E-state index in [0.29, 0.717) is 31.6 Å². The van der Waals surface area contributed by atoms with E-state index >= 15 is 0 Å². The number of benzene rings is 1. The molecule has 1 fully saturated rings. The van der Waals surface area contributed by atoms with Crippen molar-refractivity contribution in [2.75, 3.05) is 23.7 Å². The smallest absolute Gasteiger partial charge is 0.338 e. The summed E-state index contributed by atoms with van der Waals surface area (Å²) < 4.78 is 13.8. The summed E-state index contributed by atoms with van der Waals surface area (Å²) in [5.41, 5.74) is 5.43. The van der Waals surface area contributed by atoms with Crippen LogP contribution in [-0.2, 0) is 0 Å². The van der Waals surface area contributed by atoms with E-state index in [-0.39, 0.29) is 5.69 Å². The second-order valence-electron chi connectivity index (χ2n) is 5.53. The first-order valence-corrected chi connectivity index (χ1v) is 6.60. The molecular formula is C14H19FN2O3. The Bertz CT molecular complexity index is 531. The second kappa shape index (κ2) is 5.28. The van der Waals surface area contributed by atoms with E-state index < -0.39 is 23.0 Å². The van der Waals surface area contributed by atoms with Crippen LogP contribution in [0.15, 0.2) is 12.1 Å². The molecule has 2 rings (SSSR count). The van der Waals surface area contributed by atoms with Gasteiger partial charge in [0.15, 0.2) is 0 Å². The van der Waals surface area contributed by atoms with Gasteiger partial charge in [-0.3, -0.25) is 0 Å². The highest BCUT2D eigenvalue weighted by atomic mass is 19.1. The van der Waals surface area contributed by atoms with Gasteiger partial charge >= 0.3 is 5.97 Å². The summed E-state index contributed by atoms with van der Waals surface area (Å²) in [6.07, 6.45) is 2.02. The third-order valence-electron chi connectivity index (χ3n) is 3.75. The van der Waals surface area contributed by atoms with Gasteiger partial charge in [-0.1, -0.05) is 0 Å². The maximum atomic E-state index is 13.8. The number of aromatic carboxylic acids is 1. The summed E-state index contributed by atoms with van der Waals surface area (Å²) in [6.45, 7) is 3.00. The molecule has 1 aliphatic rings. The Kier molecular flexibility index (Phi) is 3.85. The molecule has 1 heterocycles. The first kappa shape index (κ1) is 14.6. The van der Waals surface area contributed by atoms with Crippen molar-refractivity contribution in [1.82, 2.24) is 0 Å². The van der Waals surface area contributed by atoms with Crippen LogP contribution < -0.4 is 10.6 Å². The number of carboxylic acids is 1. The molecular weight excluding hydrogens is 263 g/mol. The largest absolute Gasteiger partial charge is 0.478 e. The Morgan fingerprint density at radius 1 is 1.40 bits per heavy atom. The fourth-order valence-corrected chi connectivity index (χ4v) is 2.52. The van der Waals surface area contributed by atoms with E-state index in [1.807, 2.05) is 4.90 Å². The predicted octanol–water partition coefficient (Wildman–Crippen LogP) is 1.85. The number of halogens is 1. The number of hydrogen-bond donors (Lipinski definition) is 3. The Hall–Kier alpha value is -1.82. The van der Waals surface area contributed by atoms with E-state index in [4.69, 9.17) is 10.8 Å². The third kappa shape index (κ3) is 3.01. The number of aliphatic hydroxyl groups is 1. The van der Waals surface area contributed by atoms with Gasteiger partial charge in [0.25, 0.3) is 0 Å². The molecule has 0 saturated carbocycles. The minimum absolute atomic E-state index is 0.241. The lowest BCUT2D eigenvalue weighted by molar-refractivity contribution is 0.0481. The minimum atomic E-state index is -1.33. The zero-order valence-electron chi connectivity index (χ0n) is 11.4. The Balaban J connectivity index is 2.29. The lowest BCUT2D eigenvalue weighted by Crippen LogP contribution is -2.29. The van der Waals surface area contributed by atoms with E-state index in [9.17, 15) is 14.3 Å². The summed E-state index contributed by atoms with van der Waals surface area (Å²) in [5, 5.41) is 18.9. The molecule has 0 aromatic heterocycles. The molecule has 1 aromatic carbocycles. The van der Waals surface area contributed by atoms with Crippen molar-refractivity contribution in [3.63, 3.8) is 0 Å². The highest BCUT2D eigenvalue weighted by Crippen LogP contribution is 2.31. The van der Waals surface area contributed by atoms with Crippen LogP contribution in [0.3, 0.4) is 0 Å². The molecule has 0 bridgehead atoms. The van der Waals surface area contributed by atoms with Crippen LogP contribution in [0, 0.1) is 5.82 Å². The molecule has 6 heteroatoms. The fourth-order valence-electron chi connectivity index (χ4n) is 2.52. The normalized spacial score (nSPS) is 23.4. The molecule has 1 unspecified atom stereocenters. The monoisotopic (exact) mass is 282 g/mol. The van der Waals surface area contributed by atoms with Gasteiger partial charge < -0.3 is 20.8 Å². The zero-order valence-corrected chi connectivity index (χ0v) is 11.4. The summed E-state index contributed by atoms with van der Waals surface area (Å²) in [5.74, 6) is -2.13. The number of anilines is 2. The van der Waals surface area contributed by atoms with Crippen molar-refractivity contribution < 1.29 is 19.4 Å². The zero-order chi connectivity index (χ0) is 14.9. The summed E-state index contributed by atoms with van der Waals surface area (Å²) >= 11 is 0. The molecule has 1 aliphatic heterocycles. The number of rotatable bonds is 2. The van der Waals surface area contributed by atoms with Crippen LogP contribution in [-0.4, -0.2) is 34.9 Å². The summed E-state index contributed by atoms with van der Waals surface area (Å²) in [4.78, 5) is 12.8. The molecule has 20 heavy (non-hydrogen) atoms. The molecule has 0 amide bonds. The Labute approximate surface area is 116 Å². The number of carboxylic acid groups (broad SMARTS) is 1. The molecule has 1 aromatic rings. The third-order valence-corrected chi connectivity index (χ3v) is 3.75. The van der Waals surface area contributed by atoms with E-state index in [1.165, 1.54) is 6.07 Å². The molecule has 110 valence electrons. The number of nitrogens with two attached hydrogens (primary N) is 1. The van der Waals surface area contributed by atoms with Gasteiger partial charge in [-0.15, -0.1) is 0 Å². The minimum Gasteiger partial charge on any atom is -0.478 e. The maximum Gasteiger partial charge on any atom is 0.338 e. The van der Waals surface area contributed by atoms with E-state index in [2.05, 4.69) is 0 Å². The van der Waals surface area contributed by atoms with Crippen molar-refractivity contribution >= 4 is 17.3 Å². The van der Waals surface area contributed by atoms with Crippen molar-refractivity contribution in [2.45, 2.75) is 31.8 Å². The van der Waals surface area contributed by atoms with Crippen molar-refractivity contribution in [1.29, 1.82) is 0 Å². The molecule has 1 atom stereocenters. The fraction of sp³-hybridized carbons (Fsp3) is 0.500. The van der Waals surface area contributed by atoms with Crippen molar-refractivity contribution in [2.24, 2.45) is 0 Å². The van der Waals surface area contributed by atoms with Gasteiger partial charge in [-0.05, 0) is 32.3 Å². The topological polar surface area (TPSA) is 86.8 Å². The molecule has 0 spiro atoms.